The molecule has 94 valence electrons. The van der Waals surface area contributed by atoms with Crippen molar-refractivity contribution in [2.45, 2.75) is 52.9 Å². The van der Waals surface area contributed by atoms with E-state index in [-0.39, 0.29) is 5.91 Å². The predicted octanol–water partition coefficient (Wildman–Crippen LogP) is 3.53. The van der Waals surface area contributed by atoms with E-state index in [0.29, 0.717) is 11.8 Å². The first-order valence-electron chi connectivity index (χ1n) is 6.46. The zero-order chi connectivity index (χ0) is 12.4. The van der Waals surface area contributed by atoms with E-state index in [1.807, 2.05) is 6.92 Å². The van der Waals surface area contributed by atoms with E-state index in [1.54, 1.807) is 6.08 Å². The molecule has 1 N–H and O–H groups in total. The lowest BCUT2D eigenvalue weighted by atomic mass is 10.1. The number of amides is 1. The van der Waals surface area contributed by atoms with E-state index in [0.717, 1.165) is 25.8 Å². The van der Waals surface area contributed by atoms with Gasteiger partial charge in [0.15, 0.2) is 0 Å². The van der Waals surface area contributed by atoms with Crippen LogP contribution >= 0.6 is 0 Å². The van der Waals surface area contributed by atoms with Crippen LogP contribution in [0.5, 0.6) is 0 Å². The largest absolute Gasteiger partial charge is 0.356 e. The van der Waals surface area contributed by atoms with Gasteiger partial charge in [-0.3, -0.25) is 4.79 Å². The van der Waals surface area contributed by atoms with Crippen LogP contribution in [0.2, 0.25) is 0 Å². The second-order valence-electron chi connectivity index (χ2n) is 4.86. The summed E-state index contributed by atoms with van der Waals surface area (Å²) in [5, 5.41) is 3.02. The fourth-order valence-corrected chi connectivity index (χ4v) is 1.82. The highest BCUT2D eigenvalue weighted by molar-refractivity contribution is 5.78. The number of carbonyl (C=O) groups is 1. The molecule has 0 atom stereocenters. The summed E-state index contributed by atoms with van der Waals surface area (Å²) in [4.78, 5) is 11.5. The minimum absolute atomic E-state index is 0.290. The molecule has 1 aliphatic carbocycles. The third kappa shape index (κ3) is 7.49. The number of nitrogens with one attached hydrogen (secondary N) is 1. The first-order valence-corrected chi connectivity index (χ1v) is 6.46. The van der Waals surface area contributed by atoms with Crippen LogP contribution in [-0.4, -0.2) is 12.5 Å². The summed E-state index contributed by atoms with van der Waals surface area (Å²) >= 11 is 0. The number of carbonyl (C=O) groups excluding carboxylic acids is 1. The highest BCUT2D eigenvalue weighted by Gasteiger charge is 2.21. The van der Waals surface area contributed by atoms with E-state index >= 15 is 0 Å². The molecule has 0 unspecified atom stereocenters. The summed E-state index contributed by atoms with van der Waals surface area (Å²) in [6.45, 7) is 10.5. The summed E-state index contributed by atoms with van der Waals surface area (Å²) in [5.41, 5.74) is 0. The molecular weight excluding hydrogens is 198 g/mol. The molecule has 2 nitrogen and oxygen atoms in total. The lowest BCUT2D eigenvalue weighted by Gasteiger charge is -2.11. The molecule has 16 heavy (non-hydrogen) atoms. The molecule has 1 amide bonds. The van der Waals surface area contributed by atoms with Crippen molar-refractivity contribution in [3.63, 3.8) is 0 Å². The Balaban J connectivity index is 0.000000673. The van der Waals surface area contributed by atoms with Gasteiger partial charge in [0.25, 0.3) is 0 Å². The van der Waals surface area contributed by atoms with Crippen molar-refractivity contribution in [1.82, 2.24) is 5.32 Å². The molecule has 1 rings (SSSR count). The maximum atomic E-state index is 11.5. The molecule has 0 radical (unpaired) electrons. The molecule has 1 saturated carbocycles. The summed E-state index contributed by atoms with van der Waals surface area (Å²) in [6, 6.07) is 0. The van der Waals surface area contributed by atoms with Gasteiger partial charge >= 0.3 is 0 Å². The van der Waals surface area contributed by atoms with Gasteiger partial charge in [0.1, 0.15) is 0 Å². The van der Waals surface area contributed by atoms with Crippen LogP contribution < -0.4 is 5.32 Å². The molecule has 0 aromatic heterocycles. The van der Waals surface area contributed by atoms with E-state index in [2.05, 4.69) is 25.7 Å². The maximum Gasteiger partial charge on any atom is 0.223 e. The third-order valence-electron chi connectivity index (χ3n) is 2.75. The van der Waals surface area contributed by atoms with Crippen molar-refractivity contribution < 1.29 is 4.79 Å². The highest BCUT2D eigenvalue weighted by atomic mass is 16.1. The van der Waals surface area contributed by atoms with Crippen molar-refractivity contribution in [2.24, 2.45) is 11.8 Å². The standard InChI is InChI=1S/C11H21NO.C3H6/c1-9(2)7-8-12-11(13)10-5-3-4-6-10;1-3-2/h9-10H,3-8H2,1-2H3,(H,12,13);3H,1H2,2H3. The zero-order valence-electron chi connectivity index (χ0n) is 11.1. The molecule has 0 aromatic rings. The molecule has 1 aliphatic rings. The van der Waals surface area contributed by atoms with Crippen molar-refractivity contribution in [1.29, 1.82) is 0 Å². The van der Waals surface area contributed by atoms with Gasteiger partial charge in [0, 0.05) is 12.5 Å². The molecule has 2 heteroatoms. The van der Waals surface area contributed by atoms with Crippen LogP contribution in [0, 0.1) is 11.8 Å². The van der Waals surface area contributed by atoms with Crippen LogP contribution in [0.3, 0.4) is 0 Å². The first kappa shape index (κ1) is 15.2. The fraction of sp³-hybridized carbons (Fsp3) is 0.786. The molecule has 0 aliphatic heterocycles. The number of hydrogen-bond acceptors (Lipinski definition) is 1. The lowest BCUT2D eigenvalue weighted by Crippen LogP contribution is -2.30. The molecule has 1 fully saturated rings. The van der Waals surface area contributed by atoms with Crippen molar-refractivity contribution in [3.05, 3.63) is 12.7 Å². The van der Waals surface area contributed by atoms with Crippen molar-refractivity contribution >= 4 is 5.91 Å². The maximum absolute atomic E-state index is 11.5. The van der Waals surface area contributed by atoms with Gasteiger partial charge in [-0.15, -0.1) is 6.58 Å². The predicted molar refractivity (Wildman–Crippen MR) is 70.3 cm³/mol. The minimum atomic E-state index is 0.290. The molecule has 0 aromatic carbocycles. The SMILES string of the molecule is C=CC.CC(C)CCNC(=O)C1CCCC1. The Morgan fingerprint density at radius 3 is 2.38 bits per heavy atom. The molecule has 0 heterocycles. The summed E-state index contributed by atoms with van der Waals surface area (Å²) in [5.74, 6) is 1.30. The van der Waals surface area contributed by atoms with E-state index in [9.17, 15) is 4.79 Å². The third-order valence-corrected chi connectivity index (χ3v) is 2.75. The first-order chi connectivity index (χ1) is 7.61. The molecular formula is C14H27NO. The van der Waals surface area contributed by atoms with E-state index in [1.165, 1.54) is 12.8 Å². The van der Waals surface area contributed by atoms with Crippen LogP contribution in [0.15, 0.2) is 12.7 Å². The Morgan fingerprint density at radius 2 is 1.94 bits per heavy atom. The Morgan fingerprint density at radius 1 is 1.44 bits per heavy atom. The number of allylic oxidation sites excluding steroid dienone is 1. The Kier molecular flexibility index (Phi) is 8.97. The topological polar surface area (TPSA) is 29.1 Å². The van der Waals surface area contributed by atoms with Gasteiger partial charge in [0.2, 0.25) is 5.91 Å². The van der Waals surface area contributed by atoms with Gasteiger partial charge in [-0.25, -0.2) is 0 Å². The Labute approximate surface area is 101 Å². The summed E-state index contributed by atoms with van der Waals surface area (Å²) in [6.07, 6.45) is 7.53. The van der Waals surface area contributed by atoms with Crippen molar-refractivity contribution in [3.8, 4) is 0 Å². The quantitative estimate of drug-likeness (QED) is 0.729. The van der Waals surface area contributed by atoms with Gasteiger partial charge < -0.3 is 5.32 Å². The highest BCUT2D eigenvalue weighted by Crippen LogP contribution is 2.24. The fourth-order valence-electron chi connectivity index (χ4n) is 1.82. The van der Waals surface area contributed by atoms with Gasteiger partial charge in [-0.2, -0.15) is 0 Å². The lowest BCUT2D eigenvalue weighted by molar-refractivity contribution is -0.124. The molecule has 0 bridgehead atoms. The van der Waals surface area contributed by atoms with Crippen molar-refractivity contribution in [2.75, 3.05) is 6.54 Å². The van der Waals surface area contributed by atoms with Gasteiger partial charge in [0.05, 0.1) is 0 Å². The average Bonchev–Trinajstić information content (AvgIpc) is 2.70. The number of rotatable bonds is 4. The zero-order valence-corrected chi connectivity index (χ0v) is 11.1. The van der Waals surface area contributed by atoms with Gasteiger partial charge in [-0.05, 0) is 32.1 Å². The van der Waals surface area contributed by atoms with Crippen LogP contribution in [0.25, 0.3) is 0 Å². The second kappa shape index (κ2) is 9.44. The second-order valence-corrected chi connectivity index (χ2v) is 4.86. The van der Waals surface area contributed by atoms with E-state index in [4.69, 9.17) is 0 Å². The average molecular weight is 225 g/mol. The van der Waals surface area contributed by atoms with E-state index < -0.39 is 0 Å². The summed E-state index contributed by atoms with van der Waals surface area (Å²) in [7, 11) is 0. The van der Waals surface area contributed by atoms with Crippen LogP contribution in [0.1, 0.15) is 52.9 Å². The number of hydrogen-bond donors (Lipinski definition) is 1. The van der Waals surface area contributed by atoms with Crippen LogP contribution in [0.4, 0.5) is 0 Å². The monoisotopic (exact) mass is 225 g/mol. The minimum Gasteiger partial charge on any atom is -0.356 e. The smallest absolute Gasteiger partial charge is 0.223 e. The Hall–Kier alpha value is -0.790. The molecule has 0 saturated heterocycles. The van der Waals surface area contributed by atoms with Gasteiger partial charge in [-0.1, -0.05) is 32.8 Å². The van der Waals surface area contributed by atoms with Crippen LogP contribution in [-0.2, 0) is 4.79 Å². The normalized spacial score (nSPS) is 15.5. The summed E-state index contributed by atoms with van der Waals surface area (Å²) < 4.78 is 0. The Bertz CT molecular complexity index is 193. The molecule has 0 spiro atoms.